The summed E-state index contributed by atoms with van der Waals surface area (Å²) in [6.07, 6.45) is 4.94. The molecule has 2 aliphatic rings. The van der Waals surface area contributed by atoms with E-state index >= 15 is 0 Å². The first kappa shape index (κ1) is 17.7. The Morgan fingerprint density at radius 3 is 2.78 bits per heavy atom. The largest absolute Gasteiger partial charge is 0.356 e. The predicted molar refractivity (Wildman–Crippen MR) is 95.2 cm³/mol. The van der Waals surface area contributed by atoms with Crippen molar-refractivity contribution < 1.29 is 18.7 Å². The number of carbonyl (C=O) groups excluding carboxylic acids is 2. The van der Waals surface area contributed by atoms with E-state index in [9.17, 15) is 14.0 Å². The van der Waals surface area contributed by atoms with Crippen LogP contribution in [-0.4, -0.2) is 46.3 Å². The molecule has 7 nitrogen and oxygen atoms in total. The number of nitrogens with one attached hydrogen (secondary N) is 1. The average Bonchev–Trinajstić information content (AvgIpc) is 3.36. The molecule has 0 bridgehead atoms. The molecular formula is C19H21FN4O3. The number of hydrogen-bond acceptors (Lipinski definition) is 4. The summed E-state index contributed by atoms with van der Waals surface area (Å²) in [5.74, 6) is -0.300. The highest BCUT2D eigenvalue weighted by molar-refractivity contribution is 5.96. The lowest BCUT2D eigenvalue weighted by atomic mass is 9.97. The summed E-state index contributed by atoms with van der Waals surface area (Å²) in [5, 5.41) is 7.08. The van der Waals surface area contributed by atoms with Gasteiger partial charge in [-0.25, -0.2) is 4.39 Å². The first-order chi connectivity index (χ1) is 13.0. The van der Waals surface area contributed by atoms with Gasteiger partial charge in [-0.2, -0.15) is 5.10 Å². The summed E-state index contributed by atoms with van der Waals surface area (Å²) in [4.78, 5) is 26.4. The quantitative estimate of drug-likeness (QED) is 0.871. The molecule has 2 aromatic rings. The molecule has 2 heterocycles. The smallest absolute Gasteiger partial charge is 0.256 e. The Bertz CT molecular complexity index is 847. The Morgan fingerprint density at radius 1 is 1.33 bits per heavy atom. The van der Waals surface area contributed by atoms with Crippen molar-refractivity contribution in [2.75, 3.05) is 19.0 Å². The average molecular weight is 372 g/mol. The van der Waals surface area contributed by atoms with E-state index in [-0.39, 0.29) is 24.2 Å². The molecule has 4 rings (SSSR count). The number of rotatable bonds is 5. The van der Waals surface area contributed by atoms with Crippen LogP contribution in [0.4, 0.5) is 10.1 Å². The van der Waals surface area contributed by atoms with Crippen molar-refractivity contribution in [3.8, 4) is 0 Å². The third kappa shape index (κ3) is 3.85. The maximum Gasteiger partial charge on any atom is 0.256 e. The minimum atomic E-state index is -0.898. The van der Waals surface area contributed by atoms with E-state index in [2.05, 4.69) is 10.4 Å². The van der Waals surface area contributed by atoms with Crippen molar-refractivity contribution in [1.82, 2.24) is 14.7 Å². The van der Waals surface area contributed by atoms with Gasteiger partial charge in [-0.15, -0.1) is 0 Å². The van der Waals surface area contributed by atoms with Crippen molar-refractivity contribution in [2.24, 2.45) is 5.92 Å². The van der Waals surface area contributed by atoms with Crippen LogP contribution in [0.3, 0.4) is 0 Å². The van der Waals surface area contributed by atoms with Gasteiger partial charge in [-0.1, -0.05) is 12.1 Å². The monoisotopic (exact) mass is 372 g/mol. The number of likely N-dealkylation sites (N-methyl/N-ethyl adjacent to an activating group) is 1. The van der Waals surface area contributed by atoms with Crippen molar-refractivity contribution in [3.05, 3.63) is 48.0 Å². The lowest BCUT2D eigenvalue weighted by molar-refractivity contribution is -0.160. The molecule has 2 amide bonds. The SMILES string of the molecule is CN1C(=O)CO[C@@H](C(=O)Nc2cnn(CC3CC3)c2)[C@H]1c1ccc(F)cc1. The summed E-state index contributed by atoms with van der Waals surface area (Å²) < 4.78 is 20.6. The summed E-state index contributed by atoms with van der Waals surface area (Å²) in [6.45, 7) is 0.679. The maximum absolute atomic E-state index is 13.3. The number of anilines is 1. The van der Waals surface area contributed by atoms with E-state index in [0.29, 0.717) is 17.2 Å². The van der Waals surface area contributed by atoms with Crippen LogP contribution >= 0.6 is 0 Å². The molecule has 1 aromatic carbocycles. The Hall–Kier alpha value is -2.74. The molecule has 1 aromatic heterocycles. The highest BCUT2D eigenvalue weighted by Gasteiger charge is 2.40. The summed E-state index contributed by atoms with van der Waals surface area (Å²) >= 11 is 0. The zero-order valence-corrected chi connectivity index (χ0v) is 15.0. The molecule has 2 atom stereocenters. The minimum Gasteiger partial charge on any atom is -0.356 e. The third-order valence-corrected chi connectivity index (χ3v) is 5.00. The van der Waals surface area contributed by atoms with Gasteiger partial charge < -0.3 is 15.0 Å². The number of carbonyl (C=O) groups is 2. The number of amides is 2. The molecule has 0 radical (unpaired) electrons. The fourth-order valence-electron chi connectivity index (χ4n) is 3.30. The molecule has 1 saturated heterocycles. The molecule has 142 valence electrons. The van der Waals surface area contributed by atoms with Gasteiger partial charge in [0.05, 0.1) is 17.9 Å². The molecule has 1 saturated carbocycles. The lowest BCUT2D eigenvalue weighted by Gasteiger charge is -2.38. The number of ether oxygens (including phenoxy) is 1. The van der Waals surface area contributed by atoms with Gasteiger partial charge in [0, 0.05) is 19.8 Å². The Kier molecular flexibility index (Phi) is 4.65. The van der Waals surface area contributed by atoms with Gasteiger partial charge >= 0.3 is 0 Å². The molecule has 1 aliphatic heterocycles. The van der Waals surface area contributed by atoms with E-state index in [1.165, 1.54) is 29.9 Å². The molecule has 27 heavy (non-hydrogen) atoms. The standard InChI is InChI=1S/C19H21FN4O3/c1-23-16(25)11-27-18(17(23)13-4-6-14(20)7-5-13)19(26)22-15-8-21-24(10-15)9-12-2-3-12/h4-8,10,12,17-18H,2-3,9,11H2,1H3,(H,22,26)/t17-,18-/m1/s1. The minimum absolute atomic E-state index is 0.173. The van der Waals surface area contributed by atoms with E-state index in [4.69, 9.17) is 4.74 Å². The number of halogens is 1. The zero-order chi connectivity index (χ0) is 19.0. The second-order valence-corrected chi connectivity index (χ2v) is 7.12. The normalized spacial score (nSPS) is 22.7. The Morgan fingerprint density at radius 2 is 2.07 bits per heavy atom. The lowest BCUT2D eigenvalue weighted by Crippen LogP contribution is -2.51. The molecule has 2 fully saturated rings. The molecular weight excluding hydrogens is 351 g/mol. The highest BCUT2D eigenvalue weighted by Crippen LogP contribution is 2.31. The second kappa shape index (κ2) is 7.11. The van der Waals surface area contributed by atoms with Gasteiger partial charge in [0.15, 0.2) is 6.10 Å². The number of morpholine rings is 1. The van der Waals surface area contributed by atoms with Gasteiger partial charge in [0.25, 0.3) is 5.91 Å². The van der Waals surface area contributed by atoms with Crippen LogP contribution in [0.25, 0.3) is 0 Å². The molecule has 8 heteroatoms. The summed E-state index contributed by atoms with van der Waals surface area (Å²) in [5.41, 5.74) is 1.22. The summed E-state index contributed by atoms with van der Waals surface area (Å²) in [7, 11) is 1.62. The molecule has 0 unspecified atom stereocenters. The van der Waals surface area contributed by atoms with Gasteiger partial charge in [0.1, 0.15) is 12.4 Å². The van der Waals surface area contributed by atoms with Gasteiger partial charge in [-0.3, -0.25) is 14.3 Å². The Labute approximate surface area is 156 Å². The Balaban J connectivity index is 1.51. The number of benzene rings is 1. The van der Waals surface area contributed by atoms with Crippen molar-refractivity contribution in [2.45, 2.75) is 31.5 Å². The van der Waals surface area contributed by atoms with E-state index in [1.807, 2.05) is 4.68 Å². The van der Waals surface area contributed by atoms with Crippen LogP contribution in [0.5, 0.6) is 0 Å². The van der Waals surface area contributed by atoms with Crippen molar-refractivity contribution >= 4 is 17.5 Å². The van der Waals surface area contributed by atoms with Crippen LogP contribution in [-0.2, 0) is 20.9 Å². The third-order valence-electron chi connectivity index (χ3n) is 5.00. The van der Waals surface area contributed by atoms with Crippen LogP contribution < -0.4 is 5.32 Å². The first-order valence-corrected chi connectivity index (χ1v) is 8.97. The predicted octanol–water partition coefficient (Wildman–Crippen LogP) is 1.97. The number of aromatic nitrogens is 2. The van der Waals surface area contributed by atoms with Crippen LogP contribution in [0.1, 0.15) is 24.4 Å². The fourth-order valence-corrected chi connectivity index (χ4v) is 3.30. The number of nitrogens with zero attached hydrogens (tertiary/aromatic N) is 3. The van der Waals surface area contributed by atoms with Crippen LogP contribution in [0.15, 0.2) is 36.7 Å². The van der Waals surface area contributed by atoms with E-state index in [1.54, 1.807) is 31.6 Å². The molecule has 1 aliphatic carbocycles. The topological polar surface area (TPSA) is 76.5 Å². The number of hydrogen-bond donors (Lipinski definition) is 1. The highest BCUT2D eigenvalue weighted by atomic mass is 19.1. The van der Waals surface area contributed by atoms with Crippen molar-refractivity contribution in [3.63, 3.8) is 0 Å². The van der Waals surface area contributed by atoms with E-state index < -0.39 is 12.1 Å². The zero-order valence-electron chi connectivity index (χ0n) is 15.0. The van der Waals surface area contributed by atoms with E-state index in [0.717, 1.165) is 6.54 Å². The van der Waals surface area contributed by atoms with Gasteiger partial charge in [0.2, 0.25) is 5.91 Å². The fraction of sp³-hybridized carbons (Fsp3) is 0.421. The molecule has 0 spiro atoms. The first-order valence-electron chi connectivity index (χ1n) is 8.97. The molecule has 1 N–H and O–H groups in total. The van der Waals surface area contributed by atoms with Crippen LogP contribution in [0.2, 0.25) is 0 Å². The van der Waals surface area contributed by atoms with Crippen molar-refractivity contribution in [1.29, 1.82) is 0 Å². The second-order valence-electron chi connectivity index (χ2n) is 7.12. The van der Waals surface area contributed by atoms with Gasteiger partial charge in [-0.05, 0) is 36.5 Å². The summed E-state index contributed by atoms with van der Waals surface area (Å²) in [6, 6.07) is 5.10. The van der Waals surface area contributed by atoms with Crippen LogP contribution in [0, 0.1) is 11.7 Å². The maximum atomic E-state index is 13.3.